The monoisotopic (exact) mass is 395 g/mol. The average Bonchev–Trinajstić information content (AvgIpc) is 3.22. The van der Waals surface area contributed by atoms with E-state index in [0.717, 1.165) is 40.6 Å². The van der Waals surface area contributed by atoms with Crippen LogP contribution < -0.4 is 5.32 Å². The number of amides is 2. The SMILES string of the molecule is O=C(Nc1nc(-c2ccc(Cl)s2)cs1)C1CCN(C(=O)C2CC2)CC1. The van der Waals surface area contributed by atoms with E-state index in [4.69, 9.17) is 11.6 Å². The molecule has 25 heavy (non-hydrogen) atoms. The molecule has 132 valence electrons. The zero-order chi connectivity index (χ0) is 17.4. The van der Waals surface area contributed by atoms with E-state index < -0.39 is 0 Å². The standard InChI is InChI=1S/C17H18ClN3O2S2/c18-14-4-3-13(25-14)12-9-24-17(19-12)20-15(22)10-5-7-21(8-6-10)16(23)11-1-2-11/h3-4,9-11H,1-2,5-8H2,(H,19,20,22). The number of carbonyl (C=O) groups excluding carboxylic acids is 2. The number of thiazole rings is 1. The summed E-state index contributed by atoms with van der Waals surface area (Å²) in [4.78, 5) is 31.9. The van der Waals surface area contributed by atoms with Gasteiger partial charge in [0.2, 0.25) is 11.8 Å². The molecule has 0 atom stereocenters. The lowest BCUT2D eigenvalue weighted by atomic mass is 9.95. The highest BCUT2D eigenvalue weighted by atomic mass is 35.5. The van der Waals surface area contributed by atoms with Gasteiger partial charge in [-0.25, -0.2) is 4.98 Å². The molecule has 0 aromatic carbocycles. The number of rotatable bonds is 4. The van der Waals surface area contributed by atoms with Gasteiger partial charge in [-0.15, -0.1) is 22.7 Å². The molecule has 8 heteroatoms. The van der Waals surface area contributed by atoms with Crippen molar-refractivity contribution in [3.63, 3.8) is 0 Å². The lowest BCUT2D eigenvalue weighted by Gasteiger charge is -2.31. The molecular formula is C17H18ClN3O2S2. The van der Waals surface area contributed by atoms with Gasteiger partial charge in [0.25, 0.3) is 0 Å². The first-order valence-electron chi connectivity index (χ1n) is 8.41. The van der Waals surface area contributed by atoms with Crippen LogP contribution in [-0.4, -0.2) is 34.8 Å². The summed E-state index contributed by atoms with van der Waals surface area (Å²) in [6.07, 6.45) is 3.51. The Morgan fingerprint density at radius 1 is 1.16 bits per heavy atom. The van der Waals surface area contributed by atoms with E-state index in [1.807, 2.05) is 22.4 Å². The smallest absolute Gasteiger partial charge is 0.229 e. The van der Waals surface area contributed by atoms with Crippen LogP contribution >= 0.6 is 34.3 Å². The number of nitrogens with one attached hydrogen (secondary N) is 1. The molecular weight excluding hydrogens is 378 g/mol. The second kappa shape index (κ2) is 7.05. The van der Waals surface area contributed by atoms with Crippen molar-refractivity contribution in [2.24, 2.45) is 11.8 Å². The van der Waals surface area contributed by atoms with Crippen molar-refractivity contribution in [1.82, 2.24) is 9.88 Å². The predicted octanol–water partition coefficient (Wildman–Crippen LogP) is 4.11. The molecule has 0 unspecified atom stereocenters. The number of likely N-dealkylation sites (tertiary alicyclic amines) is 1. The average molecular weight is 396 g/mol. The highest BCUT2D eigenvalue weighted by molar-refractivity contribution is 7.20. The van der Waals surface area contributed by atoms with E-state index in [9.17, 15) is 9.59 Å². The van der Waals surface area contributed by atoms with Crippen LogP contribution in [-0.2, 0) is 9.59 Å². The zero-order valence-corrected chi connectivity index (χ0v) is 15.9. The van der Waals surface area contributed by atoms with Crippen molar-refractivity contribution < 1.29 is 9.59 Å². The Hall–Kier alpha value is -1.44. The van der Waals surface area contributed by atoms with Crippen LogP contribution in [0.2, 0.25) is 4.34 Å². The Morgan fingerprint density at radius 2 is 1.92 bits per heavy atom. The summed E-state index contributed by atoms with van der Waals surface area (Å²) in [6, 6.07) is 3.77. The second-order valence-electron chi connectivity index (χ2n) is 6.50. The zero-order valence-electron chi connectivity index (χ0n) is 13.5. The summed E-state index contributed by atoms with van der Waals surface area (Å²) in [7, 11) is 0. The summed E-state index contributed by atoms with van der Waals surface area (Å²) in [5, 5.41) is 5.46. The topological polar surface area (TPSA) is 62.3 Å². The minimum absolute atomic E-state index is 0.00336. The molecule has 2 aromatic rings. The number of aromatic nitrogens is 1. The van der Waals surface area contributed by atoms with Crippen molar-refractivity contribution in [2.45, 2.75) is 25.7 Å². The third kappa shape index (κ3) is 3.88. The van der Waals surface area contributed by atoms with E-state index in [2.05, 4.69) is 10.3 Å². The normalized spacial score (nSPS) is 18.4. The first-order valence-corrected chi connectivity index (χ1v) is 10.5. The molecule has 5 nitrogen and oxygen atoms in total. The number of anilines is 1. The van der Waals surface area contributed by atoms with Gasteiger partial charge in [-0.2, -0.15) is 0 Å². The highest BCUT2D eigenvalue weighted by Gasteiger charge is 2.36. The minimum atomic E-state index is -0.0493. The van der Waals surface area contributed by atoms with Crippen molar-refractivity contribution in [3.8, 4) is 10.6 Å². The highest BCUT2D eigenvalue weighted by Crippen LogP contribution is 2.34. The molecule has 1 aliphatic carbocycles. The first kappa shape index (κ1) is 17.0. The van der Waals surface area contributed by atoms with Gasteiger partial charge >= 0.3 is 0 Å². The summed E-state index contributed by atoms with van der Waals surface area (Å²) >= 11 is 8.85. The van der Waals surface area contributed by atoms with E-state index in [1.54, 1.807) is 0 Å². The van der Waals surface area contributed by atoms with Gasteiger partial charge in [0.1, 0.15) is 0 Å². The number of hydrogen-bond acceptors (Lipinski definition) is 5. The molecule has 2 aliphatic rings. The summed E-state index contributed by atoms with van der Waals surface area (Å²) in [5.41, 5.74) is 0.835. The molecule has 1 saturated carbocycles. The van der Waals surface area contributed by atoms with Gasteiger partial charge < -0.3 is 10.2 Å². The van der Waals surface area contributed by atoms with E-state index >= 15 is 0 Å². The minimum Gasteiger partial charge on any atom is -0.342 e. The van der Waals surface area contributed by atoms with Gasteiger partial charge in [0.15, 0.2) is 5.13 Å². The molecule has 2 amide bonds. The Morgan fingerprint density at radius 3 is 2.56 bits per heavy atom. The van der Waals surface area contributed by atoms with Gasteiger partial charge in [-0.3, -0.25) is 9.59 Å². The van der Waals surface area contributed by atoms with Crippen molar-refractivity contribution in [3.05, 3.63) is 21.8 Å². The molecule has 2 fully saturated rings. The molecule has 0 bridgehead atoms. The fraction of sp³-hybridized carbons (Fsp3) is 0.471. The van der Waals surface area contributed by atoms with E-state index in [0.29, 0.717) is 18.2 Å². The lowest BCUT2D eigenvalue weighted by Crippen LogP contribution is -2.42. The maximum atomic E-state index is 12.5. The Balaban J connectivity index is 1.32. The lowest BCUT2D eigenvalue weighted by molar-refractivity contribution is -0.135. The molecule has 0 spiro atoms. The molecule has 1 N–H and O–H groups in total. The summed E-state index contributed by atoms with van der Waals surface area (Å²) in [6.45, 7) is 1.37. The van der Waals surface area contributed by atoms with Gasteiger partial charge in [0.05, 0.1) is 14.9 Å². The van der Waals surface area contributed by atoms with Crippen molar-refractivity contribution in [1.29, 1.82) is 0 Å². The molecule has 2 aromatic heterocycles. The van der Waals surface area contributed by atoms with E-state index in [1.165, 1.54) is 22.7 Å². The Kier molecular flexibility index (Phi) is 4.80. The molecule has 3 heterocycles. The van der Waals surface area contributed by atoms with Crippen LogP contribution in [0.4, 0.5) is 5.13 Å². The fourth-order valence-electron chi connectivity index (χ4n) is 3.05. The summed E-state index contributed by atoms with van der Waals surface area (Å²) in [5.74, 6) is 0.485. The second-order valence-corrected chi connectivity index (χ2v) is 9.08. The molecule has 4 rings (SSSR count). The van der Waals surface area contributed by atoms with Gasteiger partial charge in [-0.1, -0.05) is 11.6 Å². The largest absolute Gasteiger partial charge is 0.342 e. The molecule has 1 saturated heterocycles. The van der Waals surface area contributed by atoms with Crippen LogP contribution in [0.1, 0.15) is 25.7 Å². The van der Waals surface area contributed by atoms with Crippen LogP contribution in [0.15, 0.2) is 17.5 Å². The molecule has 1 aliphatic heterocycles. The van der Waals surface area contributed by atoms with Crippen molar-refractivity contribution >= 4 is 51.2 Å². The van der Waals surface area contributed by atoms with Crippen molar-refractivity contribution in [2.75, 3.05) is 18.4 Å². The Bertz CT molecular complexity index is 791. The number of piperidine rings is 1. The van der Waals surface area contributed by atoms with Crippen LogP contribution in [0, 0.1) is 11.8 Å². The van der Waals surface area contributed by atoms with E-state index in [-0.39, 0.29) is 23.7 Å². The number of nitrogens with zero attached hydrogens (tertiary/aromatic N) is 2. The number of carbonyl (C=O) groups is 2. The van der Waals surface area contributed by atoms with Crippen LogP contribution in [0.25, 0.3) is 10.6 Å². The molecule has 0 radical (unpaired) electrons. The quantitative estimate of drug-likeness (QED) is 0.847. The van der Waals surface area contributed by atoms with Crippen LogP contribution in [0.3, 0.4) is 0 Å². The number of halogens is 1. The Labute approximate surface area is 159 Å². The first-order chi connectivity index (χ1) is 12.1. The van der Waals surface area contributed by atoms with Gasteiger partial charge in [0, 0.05) is 30.3 Å². The predicted molar refractivity (Wildman–Crippen MR) is 101 cm³/mol. The number of thiophene rings is 1. The number of hydrogen-bond donors (Lipinski definition) is 1. The fourth-order valence-corrected chi connectivity index (χ4v) is 4.85. The van der Waals surface area contributed by atoms with Gasteiger partial charge in [-0.05, 0) is 37.8 Å². The summed E-state index contributed by atoms with van der Waals surface area (Å²) < 4.78 is 0.723. The maximum absolute atomic E-state index is 12.5. The van der Waals surface area contributed by atoms with Crippen LogP contribution in [0.5, 0.6) is 0 Å². The third-order valence-corrected chi connectivity index (χ3v) is 6.68. The maximum Gasteiger partial charge on any atom is 0.229 e. The third-order valence-electron chi connectivity index (χ3n) is 4.66.